The molecule has 1 aliphatic rings. The van der Waals surface area contributed by atoms with Crippen LogP contribution in [-0.2, 0) is 0 Å². The van der Waals surface area contributed by atoms with Gasteiger partial charge in [0.25, 0.3) is 0 Å². The van der Waals surface area contributed by atoms with Crippen molar-refractivity contribution in [2.24, 2.45) is 11.3 Å². The van der Waals surface area contributed by atoms with E-state index in [-0.39, 0.29) is 0 Å². The van der Waals surface area contributed by atoms with Crippen LogP contribution < -0.4 is 0 Å². The lowest BCUT2D eigenvalue weighted by molar-refractivity contribution is -0.0454. The molecule has 0 aromatic heterocycles. The maximum atomic E-state index is 2.60. The fourth-order valence-corrected chi connectivity index (χ4v) is 1.82. The Morgan fingerprint density at radius 2 is 1.75 bits per heavy atom. The third kappa shape index (κ3) is 1.66. The molecule has 0 bridgehead atoms. The Morgan fingerprint density at radius 1 is 1.25 bits per heavy atom. The molecule has 1 unspecified atom stereocenters. The summed E-state index contributed by atoms with van der Waals surface area (Å²) in [6.07, 6.45) is 1.29. The third-order valence-electron chi connectivity index (χ3n) is 3.74. The molecular weight excluding hydrogens is 146 g/mol. The summed E-state index contributed by atoms with van der Waals surface area (Å²) in [5, 5.41) is 0. The zero-order chi connectivity index (χ0) is 9.35. The van der Waals surface area contributed by atoms with Gasteiger partial charge in [0.15, 0.2) is 0 Å². The van der Waals surface area contributed by atoms with E-state index in [9.17, 15) is 0 Å². The van der Waals surface area contributed by atoms with Gasteiger partial charge in [0.1, 0.15) is 0 Å². The van der Waals surface area contributed by atoms with Crippen LogP contribution in [-0.4, -0.2) is 24.0 Å². The lowest BCUT2D eigenvalue weighted by atomic mass is 9.72. The van der Waals surface area contributed by atoms with Gasteiger partial charge in [0, 0.05) is 19.1 Å². The number of likely N-dealkylation sites (tertiary alicyclic amines) is 1. The average Bonchev–Trinajstić information content (AvgIpc) is 1.96. The molecule has 1 rings (SSSR count). The number of rotatable bonds is 3. The van der Waals surface area contributed by atoms with E-state index in [1.807, 2.05) is 0 Å². The van der Waals surface area contributed by atoms with Gasteiger partial charge in [-0.1, -0.05) is 27.7 Å². The Bertz CT molecular complexity index is 145. The Balaban J connectivity index is 2.36. The minimum atomic E-state index is 0.601. The lowest BCUT2D eigenvalue weighted by Crippen LogP contribution is -2.59. The van der Waals surface area contributed by atoms with Crippen LogP contribution in [0.3, 0.4) is 0 Å². The minimum Gasteiger partial charge on any atom is -0.299 e. The molecule has 0 aromatic carbocycles. The van der Waals surface area contributed by atoms with Crippen LogP contribution in [0.2, 0.25) is 0 Å². The van der Waals surface area contributed by atoms with Crippen molar-refractivity contribution in [2.75, 3.05) is 13.1 Å². The Kier molecular flexibility index (Phi) is 2.82. The van der Waals surface area contributed by atoms with Crippen molar-refractivity contribution < 1.29 is 0 Å². The van der Waals surface area contributed by atoms with Crippen LogP contribution >= 0.6 is 0 Å². The molecule has 1 saturated heterocycles. The molecule has 1 heterocycles. The van der Waals surface area contributed by atoms with E-state index in [4.69, 9.17) is 0 Å². The number of hydrogen-bond acceptors (Lipinski definition) is 1. The van der Waals surface area contributed by atoms with Crippen molar-refractivity contribution in [3.8, 4) is 0 Å². The molecule has 1 heteroatoms. The fourth-order valence-electron chi connectivity index (χ4n) is 1.82. The highest BCUT2D eigenvalue weighted by atomic mass is 15.2. The van der Waals surface area contributed by atoms with E-state index < -0.39 is 0 Å². The second kappa shape index (κ2) is 3.37. The molecule has 72 valence electrons. The maximum absolute atomic E-state index is 2.60. The number of hydrogen-bond donors (Lipinski definition) is 0. The minimum absolute atomic E-state index is 0.601. The summed E-state index contributed by atoms with van der Waals surface area (Å²) >= 11 is 0. The van der Waals surface area contributed by atoms with Gasteiger partial charge in [-0.15, -0.1) is 0 Å². The molecule has 0 aromatic rings. The second-order valence-corrected chi connectivity index (χ2v) is 4.97. The molecule has 1 atom stereocenters. The van der Waals surface area contributed by atoms with E-state index in [1.165, 1.54) is 19.5 Å². The van der Waals surface area contributed by atoms with Crippen LogP contribution in [0.15, 0.2) is 0 Å². The van der Waals surface area contributed by atoms with Crippen LogP contribution in [0.4, 0.5) is 0 Å². The van der Waals surface area contributed by atoms with E-state index >= 15 is 0 Å². The predicted molar refractivity (Wildman–Crippen MR) is 54.3 cm³/mol. The summed E-state index contributed by atoms with van der Waals surface area (Å²) in [7, 11) is 0. The summed E-state index contributed by atoms with van der Waals surface area (Å²) in [5.74, 6) is 0.831. The molecule has 1 aliphatic heterocycles. The highest BCUT2D eigenvalue weighted by Gasteiger charge is 2.42. The first-order chi connectivity index (χ1) is 5.49. The first-order valence-corrected chi connectivity index (χ1v) is 5.23. The SMILES string of the molecule is CCC(C)N1CC(C)(C(C)C)C1. The molecular formula is C11H23N. The van der Waals surface area contributed by atoms with Crippen molar-refractivity contribution in [1.82, 2.24) is 4.90 Å². The van der Waals surface area contributed by atoms with Crippen molar-refractivity contribution in [2.45, 2.75) is 47.1 Å². The van der Waals surface area contributed by atoms with Crippen LogP contribution in [0.25, 0.3) is 0 Å². The smallest absolute Gasteiger partial charge is 0.00647 e. The molecule has 0 spiro atoms. The zero-order valence-corrected chi connectivity index (χ0v) is 9.22. The lowest BCUT2D eigenvalue weighted by Gasteiger charge is -2.53. The van der Waals surface area contributed by atoms with E-state index in [1.54, 1.807) is 0 Å². The Morgan fingerprint density at radius 3 is 2.08 bits per heavy atom. The molecule has 1 fully saturated rings. The summed E-state index contributed by atoms with van der Waals surface area (Å²) in [6, 6.07) is 0.789. The molecule has 0 N–H and O–H groups in total. The highest BCUT2D eigenvalue weighted by molar-refractivity contribution is 4.95. The second-order valence-electron chi connectivity index (χ2n) is 4.97. The van der Waals surface area contributed by atoms with Gasteiger partial charge < -0.3 is 0 Å². The van der Waals surface area contributed by atoms with Gasteiger partial charge in [-0.25, -0.2) is 0 Å². The standard InChI is InChI=1S/C11H23N/c1-6-10(4)12-7-11(5,8-12)9(2)3/h9-10H,6-8H2,1-5H3. The van der Waals surface area contributed by atoms with Crippen molar-refractivity contribution in [1.29, 1.82) is 0 Å². The zero-order valence-electron chi connectivity index (χ0n) is 9.22. The largest absolute Gasteiger partial charge is 0.299 e. The van der Waals surface area contributed by atoms with Crippen molar-refractivity contribution in [3.63, 3.8) is 0 Å². The Labute approximate surface area is 77.1 Å². The third-order valence-corrected chi connectivity index (χ3v) is 3.74. The summed E-state index contributed by atoms with van der Waals surface area (Å²) in [6.45, 7) is 14.3. The van der Waals surface area contributed by atoms with E-state index in [0.717, 1.165) is 12.0 Å². The van der Waals surface area contributed by atoms with Crippen molar-refractivity contribution in [3.05, 3.63) is 0 Å². The maximum Gasteiger partial charge on any atom is 0.00647 e. The van der Waals surface area contributed by atoms with Gasteiger partial charge in [-0.3, -0.25) is 4.90 Å². The Hall–Kier alpha value is -0.0400. The molecule has 0 saturated carbocycles. The monoisotopic (exact) mass is 169 g/mol. The quantitative estimate of drug-likeness (QED) is 0.628. The normalized spacial score (nSPS) is 25.5. The first-order valence-electron chi connectivity index (χ1n) is 5.23. The van der Waals surface area contributed by atoms with Gasteiger partial charge in [-0.05, 0) is 24.7 Å². The molecule has 12 heavy (non-hydrogen) atoms. The summed E-state index contributed by atoms with van der Waals surface area (Å²) in [4.78, 5) is 2.60. The van der Waals surface area contributed by atoms with Crippen LogP contribution in [0, 0.1) is 11.3 Å². The summed E-state index contributed by atoms with van der Waals surface area (Å²) in [5.41, 5.74) is 0.601. The topological polar surface area (TPSA) is 3.24 Å². The van der Waals surface area contributed by atoms with Gasteiger partial charge in [0.2, 0.25) is 0 Å². The molecule has 0 radical (unpaired) electrons. The highest BCUT2D eigenvalue weighted by Crippen LogP contribution is 2.38. The van der Waals surface area contributed by atoms with Gasteiger partial charge in [-0.2, -0.15) is 0 Å². The average molecular weight is 169 g/mol. The molecule has 0 amide bonds. The van der Waals surface area contributed by atoms with Crippen LogP contribution in [0.5, 0.6) is 0 Å². The number of nitrogens with zero attached hydrogens (tertiary/aromatic N) is 1. The molecule has 0 aliphatic carbocycles. The van der Waals surface area contributed by atoms with Crippen molar-refractivity contribution >= 4 is 0 Å². The molecule has 1 nitrogen and oxygen atoms in total. The fraction of sp³-hybridized carbons (Fsp3) is 1.00. The van der Waals surface area contributed by atoms with Crippen LogP contribution in [0.1, 0.15) is 41.0 Å². The first kappa shape index (κ1) is 10.0. The van der Waals surface area contributed by atoms with E-state index in [2.05, 4.69) is 39.5 Å². The van der Waals surface area contributed by atoms with Gasteiger partial charge >= 0.3 is 0 Å². The predicted octanol–water partition coefficient (Wildman–Crippen LogP) is 2.76. The van der Waals surface area contributed by atoms with E-state index in [0.29, 0.717) is 5.41 Å². The van der Waals surface area contributed by atoms with Gasteiger partial charge in [0.05, 0.1) is 0 Å². The summed E-state index contributed by atoms with van der Waals surface area (Å²) < 4.78 is 0.